The number of rotatable bonds is 6. The van der Waals surface area contributed by atoms with Gasteiger partial charge < -0.3 is 4.43 Å². The Hall–Kier alpha value is -1.46. The third-order valence-corrected chi connectivity index (χ3v) is 10.2. The molecule has 0 bridgehead atoms. The van der Waals surface area contributed by atoms with Crippen LogP contribution in [0.15, 0.2) is 60.7 Å². The monoisotopic (exact) mass is 370 g/mol. The number of hydrogen-bond donors (Lipinski definition) is 0. The van der Waals surface area contributed by atoms with E-state index in [0.29, 0.717) is 6.61 Å². The highest BCUT2D eigenvalue weighted by atomic mass is 28.4. The van der Waals surface area contributed by atoms with Gasteiger partial charge in [-0.25, -0.2) is 9.78 Å². The lowest BCUT2D eigenvalue weighted by Gasteiger charge is -2.43. The molecule has 1 aliphatic rings. The molecule has 4 heteroatoms. The largest absolute Gasteiger partial charge is 0.407 e. The van der Waals surface area contributed by atoms with Crippen LogP contribution in [0.4, 0.5) is 0 Å². The summed E-state index contributed by atoms with van der Waals surface area (Å²) < 4.78 is 6.87. The summed E-state index contributed by atoms with van der Waals surface area (Å²) in [4.78, 5) is 10.7. The molecule has 3 nitrogen and oxygen atoms in total. The van der Waals surface area contributed by atoms with Crippen molar-refractivity contribution >= 4 is 18.7 Å². The summed E-state index contributed by atoms with van der Waals surface area (Å²) in [6, 6.07) is 21.5. The molecule has 0 N–H and O–H groups in total. The standard InChI is InChI=1S/C22H30O3Si/c1-18-17-19(25-24-18)15-16-23-26(22(2,3)4,20-11-7-5-8-12-20)21-13-9-6-10-14-21/h5-14,18-19H,15-17H2,1-4H3. The summed E-state index contributed by atoms with van der Waals surface area (Å²) in [5.41, 5.74) is 0. The van der Waals surface area contributed by atoms with Crippen LogP contribution in [0, 0.1) is 0 Å². The van der Waals surface area contributed by atoms with E-state index in [9.17, 15) is 0 Å². The minimum atomic E-state index is -2.43. The van der Waals surface area contributed by atoms with Crippen molar-refractivity contribution in [2.24, 2.45) is 0 Å². The van der Waals surface area contributed by atoms with E-state index in [1.807, 2.05) is 6.92 Å². The van der Waals surface area contributed by atoms with Crippen molar-refractivity contribution < 1.29 is 14.2 Å². The Bertz CT molecular complexity index is 642. The quantitative estimate of drug-likeness (QED) is 0.567. The van der Waals surface area contributed by atoms with Crippen LogP contribution >= 0.6 is 0 Å². The van der Waals surface area contributed by atoms with Crippen molar-refractivity contribution in [3.63, 3.8) is 0 Å². The minimum absolute atomic E-state index is 0.00995. The molecular formula is C22H30O3Si. The van der Waals surface area contributed by atoms with Crippen molar-refractivity contribution in [1.82, 2.24) is 0 Å². The highest BCUT2D eigenvalue weighted by Gasteiger charge is 2.50. The Morgan fingerprint density at radius 3 is 1.88 bits per heavy atom. The van der Waals surface area contributed by atoms with E-state index in [1.54, 1.807) is 0 Å². The summed E-state index contributed by atoms with van der Waals surface area (Å²) in [7, 11) is -2.43. The predicted octanol–water partition coefficient (Wildman–Crippen LogP) is 4.06. The van der Waals surface area contributed by atoms with Gasteiger partial charge in [0.05, 0.1) is 12.2 Å². The van der Waals surface area contributed by atoms with Gasteiger partial charge in [-0.15, -0.1) is 0 Å². The second-order valence-electron chi connectivity index (χ2n) is 8.16. The van der Waals surface area contributed by atoms with E-state index in [2.05, 4.69) is 81.4 Å². The smallest absolute Gasteiger partial charge is 0.261 e. The second-order valence-corrected chi connectivity index (χ2v) is 12.5. The highest BCUT2D eigenvalue weighted by molar-refractivity contribution is 6.99. The van der Waals surface area contributed by atoms with Gasteiger partial charge in [0.2, 0.25) is 0 Å². The first-order valence-corrected chi connectivity index (χ1v) is 11.4. The molecule has 2 unspecified atom stereocenters. The van der Waals surface area contributed by atoms with E-state index < -0.39 is 8.32 Å². The van der Waals surface area contributed by atoms with Crippen LogP contribution in [0.2, 0.25) is 5.04 Å². The molecule has 2 aromatic carbocycles. The maximum atomic E-state index is 6.87. The van der Waals surface area contributed by atoms with Gasteiger partial charge in [0.15, 0.2) is 0 Å². The third kappa shape index (κ3) is 3.94. The van der Waals surface area contributed by atoms with Crippen LogP contribution < -0.4 is 10.4 Å². The molecule has 0 aromatic heterocycles. The normalized spacial score (nSPS) is 21.1. The molecule has 2 aromatic rings. The Labute approximate surface area is 158 Å². The number of hydrogen-bond acceptors (Lipinski definition) is 3. The fourth-order valence-electron chi connectivity index (χ4n) is 3.89. The van der Waals surface area contributed by atoms with Crippen molar-refractivity contribution in [3.05, 3.63) is 60.7 Å². The first-order chi connectivity index (χ1) is 12.4. The van der Waals surface area contributed by atoms with Crippen LogP contribution in [0.3, 0.4) is 0 Å². The zero-order chi connectivity index (χ0) is 18.6. The van der Waals surface area contributed by atoms with E-state index >= 15 is 0 Å². The summed E-state index contributed by atoms with van der Waals surface area (Å²) in [5, 5.41) is 2.64. The minimum Gasteiger partial charge on any atom is -0.407 e. The Balaban J connectivity index is 1.92. The fourth-order valence-corrected chi connectivity index (χ4v) is 8.47. The van der Waals surface area contributed by atoms with Gasteiger partial charge in [0, 0.05) is 13.0 Å². The van der Waals surface area contributed by atoms with Crippen LogP contribution in [0.5, 0.6) is 0 Å². The van der Waals surface area contributed by atoms with Gasteiger partial charge in [0.1, 0.15) is 0 Å². The molecule has 0 saturated carbocycles. The highest BCUT2D eigenvalue weighted by Crippen LogP contribution is 2.37. The van der Waals surface area contributed by atoms with Crippen LogP contribution in [0.1, 0.15) is 40.5 Å². The molecule has 0 amide bonds. The van der Waals surface area contributed by atoms with Gasteiger partial charge in [-0.1, -0.05) is 81.4 Å². The molecule has 1 heterocycles. The first-order valence-electron chi connectivity index (χ1n) is 9.50. The molecule has 2 atom stereocenters. The zero-order valence-corrected chi connectivity index (χ0v) is 17.3. The lowest BCUT2D eigenvalue weighted by molar-refractivity contribution is -0.294. The first kappa shape index (κ1) is 19.3. The zero-order valence-electron chi connectivity index (χ0n) is 16.3. The second kappa shape index (κ2) is 8.05. The third-order valence-electron chi connectivity index (χ3n) is 5.13. The summed E-state index contributed by atoms with van der Waals surface area (Å²) in [6.45, 7) is 9.63. The van der Waals surface area contributed by atoms with Crippen molar-refractivity contribution in [3.8, 4) is 0 Å². The van der Waals surface area contributed by atoms with Crippen molar-refractivity contribution in [2.75, 3.05) is 6.61 Å². The predicted molar refractivity (Wildman–Crippen MR) is 108 cm³/mol. The Morgan fingerprint density at radius 1 is 0.923 bits per heavy atom. The maximum absolute atomic E-state index is 6.87. The topological polar surface area (TPSA) is 27.7 Å². The van der Waals surface area contributed by atoms with Gasteiger partial charge in [-0.05, 0) is 28.8 Å². The summed E-state index contributed by atoms with van der Waals surface area (Å²) in [6.07, 6.45) is 2.09. The molecule has 1 saturated heterocycles. The summed E-state index contributed by atoms with van der Waals surface area (Å²) >= 11 is 0. The molecule has 1 aliphatic heterocycles. The molecule has 0 spiro atoms. The van der Waals surface area contributed by atoms with Crippen LogP contribution in [0.25, 0.3) is 0 Å². The van der Waals surface area contributed by atoms with Gasteiger partial charge >= 0.3 is 0 Å². The molecular weight excluding hydrogens is 340 g/mol. The fraction of sp³-hybridized carbons (Fsp3) is 0.455. The van der Waals surface area contributed by atoms with Crippen LogP contribution in [-0.2, 0) is 14.2 Å². The Morgan fingerprint density at radius 2 is 1.46 bits per heavy atom. The molecule has 26 heavy (non-hydrogen) atoms. The van der Waals surface area contributed by atoms with Gasteiger partial charge in [0.25, 0.3) is 8.32 Å². The average molecular weight is 371 g/mol. The lowest BCUT2D eigenvalue weighted by Crippen LogP contribution is -2.66. The maximum Gasteiger partial charge on any atom is 0.261 e. The van der Waals surface area contributed by atoms with Crippen molar-refractivity contribution in [2.45, 2.75) is 57.8 Å². The number of benzene rings is 2. The molecule has 0 radical (unpaired) electrons. The molecule has 3 rings (SSSR count). The lowest BCUT2D eigenvalue weighted by atomic mass is 10.1. The molecule has 140 valence electrons. The van der Waals surface area contributed by atoms with Crippen LogP contribution in [-0.4, -0.2) is 27.1 Å². The van der Waals surface area contributed by atoms with E-state index in [0.717, 1.165) is 12.8 Å². The molecule has 0 aliphatic carbocycles. The van der Waals surface area contributed by atoms with Gasteiger partial charge in [-0.3, -0.25) is 0 Å². The van der Waals surface area contributed by atoms with E-state index in [-0.39, 0.29) is 17.2 Å². The summed E-state index contributed by atoms with van der Waals surface area (Å²) in [5.74, 6) is 0. The average Bonchev–Trinajstić information content (AvgIpc) is 3.04. The molecule has 1 fully saturated rings. The van der Waals surface area contributed by atoms with E-state index in [4.69, 9.17) is 14.2 Å². The van der Waals surface area contributed by atoms with Crippen molar-refractivity contribution in [1.29, 1.82) is 0 Å². The van der Waals surface area contributed by atoms with E-state index in [1.165, 1.54) is 10.4 Å². The van der Waals surface area contributed by atoms with Gasteiger partial charge in [-0.2, -0.15) is 0 Å². The SMILES string of the molecule is CC1CC(CCO[Si](c2ccccc2)(c2ccccc2)C(C)(C)C)OO1. The Kier molecular flexibility index (Phi) is 5.98.